The maximum Gasteiger partial charge on any atom is 0.417 e. The molecule has 266 valence electrons. The van der Waals surface area contributed by atoms with Crippen LogP contribution in [0.2, 0.25) is 0 Å². The zero-order valence-corrected chi connectivity index (χ0v) is 25.4. The Morgan fingerprint density at radius 3 is 1.39 bits per heavy atom. The first-order chi connectivity index (χ1) is 25.0. The van der Waals surface area contributed by atoms with Gasteiger partial charge in [-0.1, -0.05) is 0 Å². The number of hydrogen-bond donors (Lipinski definition) is 0. The van der Waals surface area contributed by atoms with Gasteiger partial charge in [-0.3, -0.25) is 0 Å². The molecule has 0 aromatic heterocycles. The van der Waals surface area contributed by atoms with E-state index in [0.29, 0.717) is 0 Å². The Bertz CT molecular complexity index is 2500. The summed E-state index contributed by atoms with van der Waals surface area (Å²) in [7, 11) is 0. The largest absolute Gasteiger partial charge is 0.417 e. The van der Waals surface area contributed by atoms with Gasteiger partial charge in [-0.05, 0) is 18.2 Å². The van der Waals surface area contributed by atoms with Gasteiger partial charge in [0, 0.05) is 22.3 Å². The predicted octanol–water partition coefficient (Wildman–Crippen LogP) is 8.26. The molecule has 54 heavy (non-hydrogen) atoms. The topological polar surface area (TPSA) is 214 Å². The molecule has 0 heterocycles. The van der Waals surface area contributed by atoms with Crippen molar-refractivity contribution in [2.75, 3.05) is 0 Å². The smallest absolute Gasteiger partial charge is 0.198 e. The molecule has 0 amide bonds. The monoisotopic (exact) mass is 755 g/mol. The van der Waals surface area contributed by atoms with Gasteiger partial charge in [0.05, 0.1) is 91.3 Å². The van der Waals surface area contributed by atoms with Gasteiger partial charge in [0.25, 0.3) is 0 Å². The minimum Gasteiger partial charge on any atom is -0.198 e. The minimum absolute atomic E-state index is 0.151. The zero-order chi connectivity index (χ0) is 41.3. The highest BCUT2D eigenvalue weighted by Gasteiger charge is 2.51. The second kappa shape index (κ2) is 14.1. The predicted molar refractivity (Wildman–Crippen MR) is 148 cm³/mol. The average molecular weight is 755 g/mol. The van der Waals surface area contributed by atoms with E-state index in [1.807, 2.05) is 0 Å². The fraction of sp³-hybridized carbons (Fsp3) is 0.182. The van der Waals surface area contributed by atoms with Crippen LogP contribution in [-0.4, -0.2) is 0 Å². The lowest BCUT2D eigenvalue weighted by molar-refractivity contribution is -0.162. The van der Waals surface area contributed by atoms with Crippen molar-refractivity contribution in [2.45, 2.75) is 30.6 Å². The lowest BCUT2D eigenvalue weighted by Crippen LogP contribution is -2.27. The molecule has 1 aliphatic carbocycles. The normalized spacial score (nSPS) is 16.0. The highest BCUT2D eigenvalue weighted by Crippen LogP contribution is 2.52. The molecule has 9 nitrogen and oxygen atoms in total. The quantitative estimate of drug-likeness (QED) is 0.217. The third kappa shape index (κ3) is 6.80. The van der Waals surface area contributed by atoms with E-state index in [4.69, 9.17) is 0 Å². The van der Waals surface area contributed by atoms with Crippen LogP contribution >= 0.6 is 0 Å². The third-order valence-corrected chi connectivity index (χ3v) is 7.60. The summed E-state index contributed by atoms with van der Waals surface area (Å²) in [5.74, 6) is -5.58. The fourth-order valence-corrected chi connectivity index (χ4v) is 5.63. The Hall–Kier alpha value is -7.77. The summed E-state index contributed by atoms with van der Waals surface area (Å²) in [6.07, 6.45) is -24.0. The van der Waals surface area contributed by atoms with Crippen molar-refractivity contribution in [3.05, 3.63) is 96.1 Å². The van der Waals surface area contributed by atoms with Crippen LogP contribution in [0.4, 0.5) is 52.7 Å². The summed E-state index contributed by atoms with van der Waals surface area (Å²) in [4.78, 5) is 0. The average Bonchev–Trinajstić information content (AvgIpc) is 3.08. The fourth-order valence-electron chi connectivity index (χ4n) is 5.63. The Labute approximate surface area is 293 Å². The van der Waals surface area contributed by atoms with Crippen molar-refractivity contribution in [3.8, 4) is 54.6 Å². The third-order valence-electron chi connectivity index (χ3n) is 7.60. The molecule has 2 aromatic carbocycles. The molecule has 0 radical (unpaired) electrons. The number of alkyl halides is 12. The van der Waals surface area contributed by atoms with Gasteiger partial charge in [0.2, 0.25) is 0 Å². The van der Waals surface area contributed by atoms with Gasteiger partial charge in [-0.15, -0.1) is 0 Å². The molecule has 21 heteroatoms. The highest BCUT2D eigenvalue weighted by molar-refractivity contribution is 5.92. The van der Waals surface area contributed by atoms with Gasteiger partial charge in [-0.25, -0.2) is 0 Å². The Kier molecular flexibility index (Phi) is 10.6. The SMILES string of the molecule is N#CC1=C/C(=C(/C#N)c2c(C#N)c(C#N)cc(C(F)(F)F)c2C(F)(F)F)C(C#N)=C(C#N)C1C(C#N)c1c(C#N)c(C#N)cc(C(F)(F)F)c1C(F)(F)F. The van der Waals surface area contributed by atoms with E-state index in [1.165, 1.54) is 6.07 Å². The van der Waals surface area contributed by atoms with Gasteiger partial charge in [0.15, 0.2) is 0 Å². The lowest BCUT2D eigenvalue weighted by Gasteiger charge is -2.30. The number of benzene rings is 2. The Morgan fingerprint density at radius 1 is 0.556 bits per heavy atom. The minimum atomic E-state index is -6.12. The van der Waals surface area contributed by atoms with E-state index >= 15 is 0 Å². The summed E-state index contributed by atoms with van der Waals surface area (Å²) in [5, 5.41) is 88.6. The van der Waals surface area contributed by atoms with Crippen LogP contribution < -0.4 is 0 Å². The lowest BCUT2D eigenvalue weighted by atomic mass is 9.69. The molecule has 0 fully saturated rings. The van der Waals surface area contributed by atoms with Gasteiger partial charge in [0.1, 0.15) is 36.4 Å². The maximum absolute atomic E-state index is 14.5. The van der Waals surface area contributed by atoms with Gasteiger partial charge >= 0.3 is 24.7 Å². The molecule has 0 spiro atoms. The van der Waals surface area contributed by atoms with Crippen molar-refractivity contribution in [2.24, 2.45) is 5.92 Å². The van der Waals surface area contributed by atoms with Crippen LogP contribution in [0.5, 0.6) is 0 Å². The number of halogens is 12. The highest BCUT2D eigenvalue weighted by atomic mass is 19.4. The molecule has 0 aliphatic heterocycles. The van der Waals surface area contributed by atoms with E-state index < -0.39 is 120 Å². The zero-order valence-electron chi connectivity index (χ0n) is 25.4. The van der Waals surface area contributed by atoms with E-state index in [9.17, 15) is 100 Å². The molecule has 0 bridgehead atoms. The first-order valence-corrected chi connectivity index (χ1v) is 13.5. The van der Waals surface area contributed by atoms with Gasteiger partial charge in [-0.2, -0.15) is 100 Å². The Morgan fingerprint density at radius 2 is 1.04 bits per heavy atom. The standard InChI is InChI=1S/C33H5F12N9/c34-30(35,36)23-2-13(4-46)17(7-49)26(28(23)32(40,41)42)20(10-52)16-1-15(6-48)25(21(11-53)19(16)9-51)22(12-54)27-18(8-50)14(5-47)3-24(31(37,38)39)29(27)33(43,44)45/h1-3,22,25H/b20-16+. The van der Waals surface area contributed by atoms with E-state index in [-0.39, 0.29) is 18.2 Å². The summed E-state index contributed by atoms with van der Waals surface area (Å²) in [6.45, 7) is 0. The summed E-state index contributed by atoms with van der Waals surface area (Å²) >= 11 is 0. The molecule has 2 unspecified atom stereocenters. The Balaban J connectivity index is 2.76. The van der Waals surface area contributed by atoms with Crippen LogP contribution in [-0.2, 0) is 24.7 Å². The van der Waals surface area contributed by atoms with Crippen molar-refractivity contribution in [1.82, 2.24) is 0 Å². The van der Waals surface area contributed by atoms with E-state index in [2.05, 4.69) is 0 Å². The first kappa shape index (κ1) is 40.7. The number of allylic oxidation sites excluding steroid dienone is 6. The van der Waals surface area contributed by atoms with Gasteiger partial charge < -0.3 is 0 Å². The van der Waals surface area contributed by atoms with E-state index in [0.717, 1.165) is 48.6 Å². The molecular formula is C33H5F12N9. The second-order valence-corrected chi connectivity index (χ2v) is 10.4. The van der Waals surface area contributed by atoms with Crippen molar-refractivity contribution in [3.63, 3.8) is 0 Å². The van der Waals surface area contributed by atoms with Crippen LogP contribution in [0.25, 0.3) is 5.57 Å². The van der Waals surface area contributed by atoms with Crippen molar-refractivity contribution < 1.29 is 52.7 Å². The molecule has 1 aliphatic rings. The van der Waals surface area contributed by atoms with Crippen LogP contribution in [0.3, 0.4) is 0 Å². The summed E-state index contributed by atoms with van der Waals surface area (Å²) < 4.78 is 171. The molecule has 3 rings (SSSR count). The van der Waals surface area contributed by atoms with E-state index in [1.54, 1.807) is 0 Å². The summed E-state index contributed by atoms with van der Waals surface area (Å²) in [5.41, 5.74) is -27.8. The van der Waals surface area contributed by atoms with Crippen molar-refractivity contribution >= 4 is 5.57 Å². The number of hydrogen-bond acceptors (Lipinski definition) is 9. The maximum atomic E-state index is 14.5. The molecule has 0 saturated carbocycles. The van der Waals surface area contributed by atoms with Crippen LogP contribution in [0.15, 0.2) is 40.5 Å². The first-order valence-electron chi connectivity index (χ1n) is 13.5. The number of nitrogens with zero attached hydrogens (tertiary/aromatic N) is 9. The summed E-state index contributed by atoms with van der Waals surface area (Å²) in [6, 6.07) is 9.13. The van der Waals surface area contributed by atoms with Crippen LogP contribution in [0, 0.1) is 108 Å². The number of nitriles is 9. The molecular weight excluding hydrogens is 750 g/mol. The molecule has 0 saturated heterocycles. The number of rotatable bonds is 3. The second-order valence-electron chi connectivity index (χ2n) is 10.4. The van der Waals surface area contributed by atoms with Crippen molar-refractivity contribution in [1.29, 1.82) is 47.4 Å². The molecule has 2 atom stereocenters. The molecule has 2 aromatic rings. The van der Waals surface area contributed by atoms with Crippen LogP contribution in [0.1, 0.15) is 61.6 Å². The molecule has 0 N–H and O–H groups in total.